The minimum absolute atomic E-state index is 0.00553. The minimum atomic E-state index is -0.665. The van der Waals surface area contributed by atoms with Crippen LogP contribution in [0.15, 0.2) is 97.1 Å². The van der Waals surface area contributed by atoms with E-state index in [4.69, 9.17) is 9.47 Å². The molecule has 5 aromatic rings. The summed E-state index contributed by atoms with van der Waals surface area (Å²) in [6.45, 7) is 0. The number of ether oxygens (including phenoxy) is 2. The molecule has 0 unspecified atom stereocenters. The van der Waals surface area contributed by atoms with E-state index >= 15 is 0 Å². The maximum Gasteiger partial charge on any atom is 0.269 e. The molecule has 246 valence electrons. The molecule has 2 aliphatic rings. The van der Waals surface area contributed by atoms with Crippen molar-refractivity contribution in [1.82, 2.24) is 0 Å². The third-order valence-electron chi connectivity index (χ3n) is 8.56. The van der Waals surface area contributed by atoms with Crippen molar-refractivity contribution in [2.75, 3.05) is 24.0 Å². The number of imide groups is 2. The third kappa shape index (κ3) is 4.90. The first-order valence-electron chi connectivity index (χ1n) is 14.8. The Morgan fingerprint density at radius 1 is 0.460 bits per heavy atom. The quantitative estimate of drug-likeness (QED) is 0.101. The van der Waals surface area contributed by atoms with E-state index in [0.717, 1.165) is 9.80 Å². The molecule has 0 aliphatic carbocycles. The molecule has 0 N–H and O–H groups in total. The van der Waals surface area contributed by atoms with E-state index in [1.165, 1.54) is 74.9 Å². The van der Waals surface area contributed by atoms with E-state index < -0.39 is 33.5 Å². The van der Waals surface area contributed by atoms with Gasteiger partial charge in [0.25, 0.3) is 35.0 Å². The number of amides is 4. The van der Waals surface area contributed by atoms with Crippen LogP contribution in [0.4, 0.5) is 22.7 Å². The Labute approximate surface area is 282 Å². The minimum Gasteiger partial charge on any atom is -0.494 e. The lowest BCUT2D eigenvalue weighted by Crippen LogP contribution is -2.31. The second-order valence-corrected chi connectivity index (χ2v) is 11.2. The van der Waals surface area contributed by atoms with Gasteiger partial charge in [0.1, 0.15) is 11.5 Å². The molecule has 2 heterocycles. The second kappa shape index (κ2) is 11.8. The standard InChI is InChI=1S/C36H22N4O10/c1-49-31-17-30(38-34(42)26-14-8-22(16-28(26)36(38)44)20-5-11-24(12-6-20)40(47)48)32(50-2)18-29(31)37-33(41)25-13-7-21(15-27(25)35(37)43)19-3-9-23(10-4-19)39(45)46/h3-18H,1-2H3. The SMILES string of the molecule is COc1cc(N2C(=O)c3ccc(-c4ccc([N+](=O)[O-])cc4)cc3C2=O)c(OC)cc1N1C(=O)c2ccc(-c3ccc([N+](=O)[O-])cc3)cc2C1=O. The van der Waals surface area contributed by atoms with Crippen molar-refractivity contribution in [3.8, 4) is 33.8 Å². The summed E-state index contributed by atoms with van der Waals surface area (Å²) in [5, 5.41) is 22.1. The fraction of sp³-hybridized carbons (Fsp3) is 0.0556. The predicted octanol–water partition coefficient (Wildman–Crippen LogP) is 6.46. The number of nitro groups is 2. The lowest BCUT2D eigenvalue weighted by molar-refractivity contribution is -0.385. The Morgan fingerprint density at radius 2 is 0.780 bits per heavy atom. The zero-order valence-corrected chi connectivity index (χ0v) is 26.1. The first-order valence-corrected chi connectivity index (χ1v) is 14.8. The molecule has 0 spiro atoms. The van der Waals surface area contributed by atoms with Crippen molar-refractivity contribution in [2.24, 2.45) is 0 Å². The largest absolute Gasteiger partial charge is 0.494 e. The number of carbonyl (C=O) groups excluding carboxylic acids is 4. The molecule has 4 amide bonds. The first-order chi connectivity index (χ1) is 24.0. The maximum atomic E-state index is 13.8. The average Bonchev–Trinajstić information content (AvgIpc) is 3.53. The van der Waals surface area contributed by atoms with Gasteiger partial charge in [0, 0.05) is 36.4 Å². The highest BCUT2D eigenvalue weighted by atomic mass is 16.6. The van der Waals surface area contributed by atoms with Crippen LogP contribution in [0.3, 0.4) is 0 Å². The lowest BCUT2D eigenvalue weighted by Gasteiger charge is -2.23. The van der Waals surface area contributed by atoms with E-state index in [1.807, 2.05) is 0 Å². The summed E-state index contributed by atoms with van der Waals surface area (Å²) in [7, 11) is 2.61. The van der Waals surface area contributed by atoms with Gasteiger partial charge in [0.2, 0.25) is 0 Å². The molecule has 0 radical (unpaired) electrons. The van der Waals surface area contributed by atoms with Crippen LogP contribution < -0.4 is 19.3 Å². The van der Waals surface area contributed by atoms with Crippen molar-refractivity contribution in [3.05, 3.63) is 140 Å². The van der Waals surface area contributed by atoms with Gasteiger partial charge in [0.05, 0.1) is 57.7 Å². The summed E-state index contributed by atoms with van der Waals surface area (Å²) in [6.07, 6.45) is 0. The summed E-state index contributed by atoms with van der Waals surface area (Å²) >= 11 is 0. The predicted molar refractivity (Wildman–Crippen MR) is 179 cm³/mol. The van der Waals surface area contributed by atoms with E-state index in [-0.39, 0.29) is 56.5 Å². The number of anilines is 2. The van der Waals surface area contributed by atoms with Crippen molar-refractivity contribution in [3.63, 3.8) is 0 Å². The number of hydrogen-bond acceptors (Lipinski definition) is 10. The summed E-state index contributed by atoms with van der Waals surface area (Å²) < 4.78 is 11.1. The van der Waals surface area contributed by atoms with Crippen LogP contribution in [0.25, 0.3) is 22.3 Å². The number of carbonyl (C=O) groups is 4. The zero-order chi connectivity index (χ0) is 35.4. The lowest BCUT2D eigenvalue weighted by atomic mass is 10.00. The number of non-ortho nitro benzene ring substituents is 2. The highest BCUT2D eigenvalue weighted by Gasteiger charge is 2.42. The van der Waals surface area contributed by atoms with Crippen LogP contribution in [0.1, 0.15) is 41.4 Å². The van der Waals surface area contributed by atoms with Gasteiger partial charge >= 0.3 is 0 Å². The number of benzene rings is 5. The number of nitrogens with zero attached hydrogens (tertiary/aromatic N) is 4. The molecule has 0 saturated heterocycles. The summed E-state index contributed by atoms with van der Waals surface area (Å²) in [6, 6.07) is 23.5. The highest BCUT2D eigenvalue weighted by Crippen LogP contribution is 2.45. The number of rotatable bonds is 8. The third-order valence-corrected chi connectivity index (χ3v) is 8.56. The number of methoxy groups -OCH3 is 2. The van der Waals surface area contributed by atoms with E-state index in [0.29, 0.717) is 22.3 Å². The Kier molecular flexibility index (Phi) is 7.40. The van der Waals surface area contributed by atoms with Crippen LogP contribution in [0.2, 0.25) is 0 Å². The smallest absolute Gasteiger partial charge is 0.269 e. The second-order valence-electron chi connectivity index (χ2n) is 11.2. The molecule has 0 saturated carbocycles. The van der Waals surface area contributed by atoms with Crippen LogP contribution in [0.5, 0.6) is 11.5 Å². The fourth-order valence-electron chi connectivity index (χ4n) is 6.04. The van der Waals surface area contributed by atoms with Gasteiger partial charge in [-0.1, -0.05) is 12.1 Å². The Hall–Kier alpha value is -7.22. The van der Waals surface area contributed by atoms with Gasteiger partial charge in [-0.3, -0.25) is 39.4 Å². The van der Waals surface area contributed by atoms with Crippen LogP contribution >= 0.6 is 0 Å². The van der Waals surface area contributed by atoms with Crippen LogP contribution in [0, 0.1) is 20.2 Å². The Balaban J connectivity index is 1.22. The van der Waals surface area contributed by atoms with E-state index in [2.05, 4.69) is 0 Å². The average molecular weight is 671 g/mol. The fourth-order valence-corrected chi connectivity index (χ4v) is 6.04. The summed E-state index contributed by atoms with van der Waals surface area (Å²) in [4.78, 5) is 77.7. The van der Waals surface area contributed by atoms with Crippen LogP contribution in [-0.2, 0) is 0 Å². The van der Waals surface area contributed by atoms with Crippen molar-refractivity contribution in [2.45, 2.75) is 0 Å². The first kappa shape index (κ1) is 31.4. The van der Waals surface area contributed by atoms with E-state index in [1.54, 1.807) is 36.4 Å². The number of nitro benzene ring substituents is 2. The molecule has 14 heteroatoms. The zero-order valence-electron chi connectivity index (χ0n) is 26.1. The molecule has 7 rings (SSSR count). The van der Waals surface area contributed by atoms with Crippen molar-refractivity contribution in [1.29, 1.82) is 0 Å². The molecular formula is C36H22N4O10. The van der Waals surface area contributed by atoms with Crippen molar-refractivity contribution < 1.29 is 38.5 Å². The van der Waals surface area contributed by atoms with Crippen molar-refractivity contribution >= 4 is 46.4 Å². The topological polar surface area (TPSA) is 180 Å². The van der Waals surface area contributed by atoms with Gasteiger partial charge in [-0.05, 0) is 70.8 Å². The molecule has 50 heavy (non-hydrogen) atoms. The molecule has 0 atom stereocenters. The molecular weight excluding hydrogens is 648 g/mol. The molecule has 5 aromatic carbocycles. The van der Waals surface area contributed by atoms with Gasteiger partial charge < -0.3 is 9.47 Å². The van der Waals surface area contributed by atoms with Gasteiger partial charge in [0.15, 0.2) is 0 Å². The highest BCUT2D eigenvalue weighted by molar-refractivity contribution is 6.36. The Bertz CT molecular complexity index is 2170. The molecule has 0 fully saturated rings. The molecule has 14 nitrogen and oxygen atoms in total. The molecule has 0 aromatic heterocycles. The number of hydrogen-bond donors (Lipinski definition) is 0. The molecule has 2 aliphatic heterocycles. The normalized spacial score (nSPS) is 13.4. The number of fused-ring (bicyclic) bond motifs is 2. The van der Waals surface area contributed by atoms with Gasteiger partial charge in [-0.2, -0.15) is 0 Å². The summed E-state index contributed by atoms with van der Waals surface area (Å²) in [5.74, 6) is -2.63. The van der Waals surface area contributed by atoms with Crippen LogP contribution in [-0.4, -0.2) is 47.7 Å². The maximum absolute atomic E-state index is 13.8. The van der Waals surface area contributed by atoms with Gasteiger partial charge in [-0.15, -0.1) is 0 Å². The Morgan fingerprint density at radius 3 is 1.10 bits per heavy atom. The monoisotopic (exact) mass is 670 g/mol. The molecule has 0 bridgehead atoms. The van der Waals surface area contributed by atoms with E-state index in [9.17, 15) is 39.4 Å². The van der Waals surface area contributed by atoms with Gasteiger partial charge in [-0.25, -0.2) is 9.80 Å². The summed E-state index contributed by atoms with van der Waals surface area (Å²) in [5.41, 5.74) is 2.58.